The quantitative estimate of drug-likeness (QED) is 0.857. The van der Waals surface area contributed by atoms with Gasteiger partial charge in [-0.1, -0.05) is 35.9 Å². The van der Waals surface area contributed by atoms with E-state index >= 15 is 0 Å². The van der Waals surface area contributed by atoms with E-state index in [2.05, 4.69) is 39.6 Å². The lowest BCUT2D eigenvalue weighted by atomic mass is 9.92. The summed E-state index contributed by atoms with van der Waals surface area (Å²) in [6, 6.07) is 11.1. The molecule has 1 N–H and O–H groups in total. The van der Waals surface area contributed by atoms with Crippen molar-refractivity contribution in [2.24, 2.45) is 5.92 Å². The SMILES string of the molecule is Cc1nc(Cl)cc(NC2C3CCc4ccccc4C32)n1. The lowest BCUT2D eigenvalue weighted by molar-refractivity contribution is 0.661. The van der Waals surface area contributed by atoms with E-state index in [1.165, 1.54) is 24.0 Å². The average molecular weight is 286 g/mol. The Morgan fingerprint density at radius 1 is 1.25 bits per heavy atom. The minimum Gasteiger partial charge on any atom is -0.366 e. The Labute approximate surface area is 123 Å². The van der Waals surface area contributed by atoms with Crippen LogP contribution in [0, 0.1) is 12.8 Å². The highest BCUT2D eigenvalue weighted by Gasteiger charge is 2.53. The van der Waals surface area contributed by atoms with Gasteiger partial charge in [0.1, 0.15) is 16.8 Å². The monoisotopic (exact) mass is 285 g/mol. The molecule has 1 saturated carbocycles. The van der Waals surface area contributed by atoms with Gasteiger partial charge in [0.25, 0.3) is 0 Å². The number of nitrogens with zero attached hydrogens (tertiary/aromatic N) is 2. The molecule has 0 amide bonds. The number of aromatic nitrogens is 2. The zero-order chi connectivity index (χ0) is 13.7. The molecule has 0 spiro atoms. The predicted molar refractivity (Wildman–Crippen MR) is 80.2 cm³/mol. The Morgan fingerprint density at radius 3 is 2.95 bits per heavy atom. The number of hydrogen-bond acceptors (Lipinski definition) is 3. The Hall–Kier alpha value is -1.61. The first kappa shape index (κ1) is 12.2. The molecule has 0 aliphatic heterocycles. The van der Waals surface area contributed by atoms with Gasteiger partial charge in [0.15, 0.2) is 0 Å². The molecule has 4 heteroatoms. The van der Waals surface area contributed by atoms with E-state index in [1.54, 1.807) is 0 Å². The molecular formula is C16H16ClN3. The summed E-state index contributed by atoms with van der Waals surface area (Å²) in [5, 5.41) is 4.05. The number of nitrogens with one attached hydrogen (secondary N) is 1. The normalized spacial score (nSPS) is 26.6. The zero-order valence-electron chi connectivity index (χ0n) is 11.3. The third-order valence-electron chi connectivity index (χ3n) is 4.45. The minimum absolute atomic E-state index is 0.490. The Morgan fingerprint density at radius 2 is 2.10 bits per heavy atom. The molecule has 1 fully saturated rings. The maximum absolute atomic E-state index is 6.00. The molecule has 4 rings (SSSR count). The predicted octanol–water partition coefficient (Wildman–Crippen LogP) is 3.58. The number of benzene rings is 1. The summed E-state index contributed by atoms with van der Waals surface area (Å²) in [5.74, 6) is 2.93. The van der Waals surface area contributed by atoms with Crippen molar-refractivity contribution in [2.45, 2.75) is 31.7 Å². The maximum atomic E-state index is 6.00. The molecule has 2 aliphatic carbocycles. The molecule has 0 bridgehead atoms. The maximum Gasteiger partial charge on any atom is 0.134 e. The van der Waals surface area contributed by atoms with Crippen LogP contribution in [0.25, 0.3) is 0 Å². The molecule has 102 valence electrons. The highest BCUT2D eigenvalue weighted by molar-refractivity contribution is 6.29. The second kappa shape index (κ2) is 4.45. The minimum atomic E-state index is 0.490. The van der Waals surface area contributed by atoms with Gasteiger partial charge in [0.05, 0.1) is 0 Å². The topological polar surface area (TPSA) is 37.8 Å². The van der Waals surface area contributed by atoms with Crippen molar-refractivity contribution in [1.82, 2.24) is 9.97 Å². The van der Waals surface area contributed by atoms with Gasteiger partial charge in [0, 0.05) is 18.0 Å². The van der Waals surface area contributed by atoms with Crippen molar-refractivity contribution in [3.05, 3.63) is 52.4 Å². The molecule has 20 heavy (non-hydrogen) atoms. The Balaban J connectivity index is 1.58. The van der Waals surface area contributed by atoms with E-state index in [9.17, 15) is 0 Å². The second-order valence-corrected chi connectivity index (χ2v) is 6.11. The zero-order valence-corrected chi connectivity index (χ0v) is 12.1. The number of anilines is 1. The van der Waals surface area contributed by atoms with Crippen molar-refractivity contribution in [3.8, 4) is 0 Å². The summed E-state index contributed by atoms with van der Waals surface area (Å²) >= 11 is 6.00. The molecular weight excluding hydrogens is 270 g/mol. The molecule has 0 saturated heterocycles. The summed E-state index contributed by atoms with van der Waals surface area (Å²) in [5.41, 5.74) is 3.02. The van der Waals surface area contributed by atoms with E-state index in [0.717, 1.165) is 11.7 Å². The van der Waals surface area contributed by atoms with Crippen LogP contribution in [0.15, 0.2) is 30.3 Å². The summed E-state index contributed by atoms with van der Waals surface area (Å²) in [4.78, 5) is 8.52. The van der Waals surface area contributed by atoms with Crippen LogP contribution in [0.1, 0.15) is 29.3 Å². The van der Waals surface area contributed by atoms with Gasteiger partial charge in [-0.2, -0.15) is 0 Å². The number of rotatable bonds is 2. The fourth-order valence-corrected chi connectivity index (χ4v) is 3.76. The Bertz CT molecular complexity index is 650. The largest absolute Gasteiger partial charge is 0.366 e. The standard InChI is InChI=1S/C16H16ClN3/c1-9-18-13(17)8-14(19-9)20-16-12-7-6-10-4-2-3-5-11(10)15(12)16/h2-5,8,12,15-16H,6-7H2,1H3,(H,18,19,20). The van der Waals surface area contributed by atoms with Crippen LogP contribution >= 0.6 is 11.6 Å². The van der Waals surface area contributed by atoms with Crippen molar-refractivity contribution in [3.63, 3.8) is 0 Å². The van der Waals surface area contributed by atoms with Gasteiger partial charge in [-0.15, -0.1) is 0 Å². The van der Waals surface area contributed by atoms with Crippen LogP contribution in [0.2, 0.25) is 5.15 Å². The summed E-state index contributed by atoms with van der Waals surface area (Å²) in [7, 11) is 0. The summed E-state index contributed by atoms with van der Waals surface area (Å²) in [6.07, 6.45) is 2.45. The molecule has 0 radical (unpaired) electrons. The smallest absolute Gasteiger partial charge is 0.134 e. The van der Waals surface area contributed by atoms with Gasteiger partial charge in [-0.25, -0.2) is 9.97 Å². The van der Waals surface area contributed by atoms with E-state index in [0.29, 0.717) is 22.9 Å². The van der Waals surface area contributed by atoms with Gasteiger partial charge in [-0.3, -0.25) is 0 Å². The van der Waals surface area contributed by atoms with E-state index in [1.807, 2.05) is 13.0 Å². The molecule has 1 heterocycles. The van der Waals surface area contributed by atoms with Crippen molar-refractivity contribution < 1.29 is 0 Å². The Kier molecular flexibility index (Phi) is 2.71. The lowest BCUT2D eigenvalue weighted by Gasteiger charge is -2.13. The molecule has 1 aromatic carbocycles. The lowest BCUT2D eigenvalue weighted by Crippen LogP contribution is -2.08. The third kappa shape index (κ3) is 1.97. The van der Waals surface area contributed by atoms with Gasteiger partial charge in [0.2, 0.25) is 0 Å². The molecule has 3 unspecified atom stereocenters. The van der Waals surface area contributed by atoms with Crippen LogP contribution < -0.4 is 5.32 Å². The first-order chi connectivity index (χ1) is 9.72. The highest BCUT2D eigenvalue weighted by Crippen LogP contribution is 2.55. The van der Waals surface area contributed by atoms with E-state index in [4.69, 9.17) is 11.6 Å². The first-order valence-electron chi connectivity index (χ1n) is 7.08. The van der Waals surface area contributed by atoms with E-state index < -0.39 is 0 Å². The van der Waals surface area contributed by atoms with E-state index in [-0.39, 0.29) is 0 Å². The number of fused-ring (bicyclic) bond motifs is 3. The third-order valence-corrected chi connectivity index (χ3v) is 4.64. The fraction of sp³-hybridized carbons (Fsp3) is 0.375. The number of aryl methyl sites for hydroxylation is 2. The molecule has 2 aliphatic rings. The number of hydrogen-bond donors (Lipinski definition) is 1. The summed E-state index contributed by atoms with van der Waals surface area (Å²) < 4.78 is 0. The van der Waals surface area contributed by atoms with Crippen LogP contribution in [-0.2, 0) is 6.42 Å². The molecule has 3 atom stereocenters. The summed E-state index contributed by atoms with van der Waals surface area (Å²) in [6.45, 7) is 1.87. The fourth-order valence-electron chi connectivity index (χ4n) is 3.54. The number of halogens is 1. The molecule has 3 nitrogen and oxygen atoms in total. The van der Waals surface area contributed by atoms with Gasteiger partial charge in [-0.05, 0) is 36.8 Å². The molecule has 2 aromatic rings. The highest BCUT2D eigenvalue weighted by atomic mass is 35.5. The van der Waals surface area contributed by atoms with Crippen LogP contribution in [0.3, 0.4) is 0 Å². The van der Waals surface area contributed by atoms with Gasteiger partial charge >= 0.3 is 0 Å². The van der Waals surface area contributed by atoms with Crippen LogP contribution in [0.4, 0.5) is 5.82 Å². The van der Waals surface area contributed by atoms with Gasteiger partial charge < -0.3 is 5.32 Å². The van der Waals surface area contributed by atoms with Crippen molar-refractivity contribution >= 4 is 17.4 Å². The average Bonchev–Trinajstić information content (AvgIpc) is 3.11. The van der Waals surface area contributed by atoms with Crippen molar-refractivity contribution in [1.29, 1.82) is 0 Å². The second-order valence-electron chi connectivity index (χ2n) is 5.72. The van der Waals surface area contributed by atoms with Crippen LogP contribution in [0.5, 0.6) is 0 Å². The first-order valence-corrected chi connectivity index (χ1v) is 7.46. The molecule has 1 aromatic heterocycles. The van der Waals surface area contributed by atoms with Crippen molar-refractivity contribution in [2.75, 3.05) is 5.32 Å². The van der Waals surface area contributed by atoms with Crippen LogP contribution in [-0.4, -0.2) is 16.0 Å².